The summed E-state index contributed by atoms with van der Waals surface area (Å²) in [6.07, 6.45) is 4.75. The van der Waals surface area contributed by atoms with E-state index >= 15 is 0 Å². The van der Waals surface area contributed by atoms with E-state index in [9.17, 15) is 4.79 Å². The normalized spacial score (nSPS) is 25.5. The van der Waals surface area contributed by atoms with Crippen molar-refractivity contribution in [3.8, 4) is 0 Å². The molecular formula is C14H19NO. The first kappa shape index (κ1) is 11.2. The molecule has 0 radical (unpaired) electrons. The topological polar surface area (TPSA) is 20.3 Å². The van der Waals surface area contributed by atoms with E-state index in [1.165, 1.54) is 24.9 Å². The van der Waals surface area contributed by atoms with Crippen LogP contribution in [0.2, 0.25) is 0 Å². The molecule has 0 aliphatic carbocycles. The largest absolute Gasteiger partial charge is 0.366 e. The maximum absolute atomic E-state index is 10.6. The zero-order valence-corrected chi connectivity index (χ0v) is 10.0. The number of anilines is 1. The summed E-state index contributed by atoms with van der Waals surface area (Å²) < 4.78 is 0. The van der Waals surface area contributed by atoms with E-state index in [1.54, 1.807) is 0 Å². The summed E-state index contributed by atoms with van der Waals surface area (Å²) in [5.41, 5.74) is 1.99. The number of rotatable bonds is 2. The number of benzene rings is 1. The molecule has 1 aromatic carbocycles. The summed E-state index contributed by atoms with van der Waals surface area (Å²) in [6.45, 7) is 4.56. The molecule has 2 heteroatoms. The summed E-state index contributed by atoms with van der Waals surface area (Å²) in [6, 6.07) is 9.12. The number of carbonyl (C=O) groups excluding carboxylic acids is 1. The Morgan fingerprint density at radius 3 is 2.19 bits per heavy atom. The Hall–Kier alpha value is -1.31. The molecule has 0 amide bonds. The molecule has 1 aliphatic rings. The van der Waals surface area contributed by atoms with Crippen LogP contribution < -0.4 is 4.90 Å². The second-order valence-electron chi connectivity index (χ2n) is 4.75. The van der Waals surface area contributed by atoms with Crippen molar-refractivity contribution in [1.29, 1.82) is 0 Å². The lowest BCUT2D eigenvalue weighted by molar-refractivity contribution is 0.112. The average Bonchev–Trinajstić information content (AvgIpc) is 2.30. The second kappa shape index (κ2) is 4.69. The smallest absolute Gasteiger partial charge is 0.150 e. The van der Waals surface area contributed by atoms with Gasteiger partial charge in [0.2, 0.25) is 0 Å². The van der Waals surface area contributed by atoms with Crippen LogP contribution in [0.3, 0.4) is 0 Å². The number of carbonyl (C=O) groups is 1. The van der Waals surface area contributed by atoms with Crippen molar-refractivity contribution < 1.29 is 4.79 Å². The maximum Gasteiger partial charge on any atom is 0.150 e. The van der Waals surface area contributed by atoms with Crippen molar-refractivity contribution in [2.45, 2.75) is 45.2 Å². The first-order chi connectivity index (χ1) is 7.72. The summed E-state index contributed by atoms with van der Waals surface area (Å²) in [4.78, 5) is 13.1. The molecule has 86 valence electrons. The van der Waals surface area contributed by atoms with Gasteiger partial charge in [0, 0.05) is 23.3 Å². The first-order valence-electron chi connectivity index (χ1n) is 6.06. The molecule has 2 nitrogen and oxygen atoms in total. The van der Waals surface area contributed by atoms with Crippen LogP contribution in [0.25, 0.3) is 0 Å². The Morgan fingerprint density at radius 1 is 1.12 bits per heavy atom. The van der Waals surface area contributed by atoms with Gasteiger partial charge in [-0.25, -0.2) is 0 Å². The maximum atomic E-state index is 10.6. The van der Waals surface area contributed by atoms with Gasteiger partial charge in [-0.3, -0.25) is 4.79 Å². The Labute approximate surface area is 97.3 Å². The minimum atomic E-state index is 0.603. The van der Waals surface area contributed by atoms with E-state index in [0.29, 0.717) is 12.1 Å². The monoisotopic (exact) mass is 217 g/mol. The van der Waals surface area contributed by atoms with Gasteiger partial charge in [-0.05, 0) is 57.4 Å². The number of hydrogen-bond acceptors (Lipinski definition) is 2. The molecule has 1 fully saturated rings. The van der Waals surface area contributed by atoms with Crippen LogP contribution >= 0.6 is 0 Å². The Bertz CT molecular complexity index is 348. The zero-order chi connectivity index (χ0) is 11.5. The SMILES string of the molecule is CC1CCCC(C)N1c1ccc(C=O)cc1. The summed E-state index contributed by atoms with van der Waals surface area (Å²) in [5.74, 6) is 0. The molecule has 2 rings (SSSR count). The molecule has 16 heavy (non-hydrogen) atoms. The molecule has 1 heterocycles. The van der Waals surface area contributed by atoms with Crippen LogP contribution in [-0.2, 0) is 0 Å². The van der Waals surface area contributed by atoms with E-state index in [1.807, 2.05) is 12.1 Å². The molecule has 0 N–H and O–H groups in total. The van der Waals surface area contributed by atoms with E-state index in [0.717, 1.165) is 11.8 Å². The van der Waals surface area contributed by atoms with E-state index in [-0.39, 0.29) is 0 Å². The molecule has 1 saturated heterocycles. The zero-order valence-electron chi connectivity index (χ0n) is 10.0. The van der Waals surface area contributed by atoms with Gasteiger partial charge in [0.05, 0.1) is 0 Å². The van der Waals surface area contributed by atoms with E-state index in [4.69, 9.17) is 0 Å². The number of aldehydes is 1. The fourth-order valence-corrected chi connectivity index (χ4v) is 2.66. The van der Waals surface area contributed by atoms with Crippen LogP contribution in [0.1, 0.15) is 43.5 Å². The van der Waals surface area contributed by atoms with Gasteiger partial charge >= 0.3 is 0 Å². The van der Waals surface area contributed by atoms with Gasteiger partial charge in [-0.2, -0.15) is 0 Å². The molecule has 2 atom stereocenters. The summed E-state index contributed by atoms with van der Waals surface area (Å²) >= 11 is 0. The highest BCUT2D eigenvalue weighted by molar-refractivity contribution is 5.75. The van der Waals surface area contributed by atoms with Gasteiger partial charge in [0.15, 0.2) is 0 Å². The van der Waals surface area contributed by atoms with Crippen LogP contribution in [0.4, 0.5) is 5.69 Å². The quantitative estimate of drug-likeness (QED) is 0.709. The first-order valence-corrected chi connectivity index (χ1v) is 6.06. The average molecular weight is 217 g/mol. The third kappa shape index (κ3) is 2.11. The van der Waals surface area contributed by atoms with Crippen molar-refractivity contribution >= 4 is 12.0 Å². The van der Waals surface area contributed by atoms with Crippen LogP contribution in [0.5, 0.6) is 0 Å². The molecule has 0 aromatic heterocycles. The highest BCUT2D eigenvalue weighted by Crippen LogP contribution is 2.28. The van der Waals surface area contributed by atoms with Gasteiger partial charge in [-0.1, -0.05) is 0 Å². The molecule has 0 spiro atoms. The van der Waals surface area contributed by atoms with Crippen molar-refractivity contribution in [3.05, 3.63) is 29.8 Å². The lowest BCUT2D eigenvalue weighted by Gasteiger charge is -2.41. The molecule has 0 bridgehead atoms. The van der Waals surface area contributed by atoms with E-state index in [2.05, 4.69) is 30.9 Å². The standard InChI is InChI=1S/C14H19NO/c1-11-4-3-5-12(2)15(11)14-8-6-13(10-16)7-9-14/h6-12H,3-5H2,1-2H3. The van der Waals surface area contributed by atoms with Crippen molar-refractivity contribution in [1.82, 2.24) is 0 Å². The van der Waals surface area contributed by atoms with Gasteiger partial charge < -0.3 is 4.90 Å². The Kier molecular flexibility index (Phi) is 3.28. The third-order valence-electron chi connectivity index (χ3n) is 3.52. The lowest BCUT2D eigenvalue weighted by Crippen LogP contribution is -2.43. The van der Waals surface area contributed by atoms with Crippen LogP contribution in [-0.4, -0.2) is 18.4 Å². The lowest BCUT2D eigenvalue weighted by atomic mass is 9.96. The summed E-state index contributed by atoms with van der Waals surface area (Å²) in [5, 5.41) is 0. The van der Waals surface area contributed by atoms with Crippen LogP contribution in [0.15, 0.2) is 24.3 Å². The highest BCUT2D eigenvalue weighted by Gasteiger charge is 2.24. The highest BCUT2D eigenvalue weighted by atomic mass is 16.1. The molecular weight excluding hydrogens is 198 g/mol. The van der Waals surface area contributed by atoms with Crippen molar-refractivity contribution in [2.24, 2.45) is 0 Å². The molecule has 0 saturated carbocycles. The Morgan fingerprint density at radius 2 is 1.69 bits per heavy atom. The fourth-order valence-electron chi connectivity index (χ4n) is 2.66. The van der Waals surface area contributed by atoms with Gasteiger partial charge in [0.1, 0.15) is 6.29 Å². The number of nitrogens with zero attached hydrogens (tertiary/aromatic N) is 1. The second-order valence-corrected chi connectivity index (χ2v) is 4.75. The van der Waals surface area contributed by atoms with Gasteiger partial charge in [-0.15, -0.1) is 0 Å². The minimum Gasteiger partial charge on any atom is -0.366 e. The molecule has 1 aliphatic heterocycles. The predicted octanol–water partition coefficient (Wildman–Crippen LogP) is 3.27. The fraction of sp³-hybridized carbons (Fsp3) is 0.500. The molecule has 1 aromatic rings. The molecule has 2 unspecified atom stereocenters. The van der Waals surface area contributed by atoms with E-state index < -0.39 is 0 Å². The Balaban J connectivity index is 2.23. The van der Waals surface area contributed by atoms with Crippen molar-refractivity contribution in [3.63, 3.8) is 0 Å². The number of hydrogen-bond donors (Lipinski definition) is 0. The van der Waals surface area contributed by atoms with Gasteiger partial charge in [0.25, 0.3) is 0 Å². The minimum absolute atomic E-state index is 0.603. The summed E-state index contributed by atoms with van der Waals surface area (Å²) in [7, 11) is 0. The van der Waals surface area contributed by atoms with Crippen LogP contribution in [0, 0.1) is 0 Å². The van der Waals surface area contributed by atoms with Crippen molar-refractivity contribution in [2.75, 3.05) is 4.90 Å². The predicted molar refractivity (Wildman–Crippen MR) is 67.1 cm³/mol. The third-order valence-corrected chi connectivity index (χ3v) is 3.52. The number of piperidine rings is 1.